The van der Waals surface area contributed by atoms with Crippen molar-refractivity contribution in [1.29, 1.82) is 0 Å². The van der Waals surface area contributed by atoms with Gasteiger partial charge < -0.3 is 0 Å². The molecular formula is C19H22O. The van der Waals surface area contributed by atoms with Gasteiger partial charge in [-0.2, -0.15) is 0 Å². The van der Waals surface area contributed by atoms with Gasteiger partial charge >= 0.3 is 0 Å². The van der Waals surface area contributed by atoms with E-state index in [1.807, 2.05) is 18.2 Å². The van der Waals surface area contributed by atoms with Gasteiger partial charge in [-0.25, -0.2) is 0 Å². The molecule has 1 heteroatoms. The van der Waals surface area contributed by atoms with E-state index in [4.69, 9.17) is 0 Å². The van der Waals surface area contributed by atoms with Crippen molar-refractivity contribution in [2.75, 3.05) is 0 Å². The topological polar surface area (TPSA) is 17.1 Å². The highest BCUT2D eigenvalue weighted by molar-refractivity contribution is 5.95. The predicted octanol–water partition coefficient (Wildman–Crippen LogP) is 4.93. The monoisotopic (exact) mass is 266 g/mol. The van der Waals surface area contributed by atoms with Gasteiger partial charge in [0.25, 0.3) is 0 Å². The Balaban J connectivity index is 2.07. The Morgan fingerprint density at radius 3 is 2.55 bits per heavy atom. The Labute approximate surface area is 121 Å². The van der Waals surface area contributed by atoms with Gasteiger partial charge in [0.2, 0.25) is 0 Å². The van der Waals surface area contributed by atoms with Gasteiger partial charge in [0.15, 0.2) is 5.78 Å². The molecule has 2 aromatic carbocycles. The molecule has 0 radical (unpaired) electrons. The number of hydrogen-bond acceptors (Lipinski definition) is 1. The van der Waals surface area contributed by atoms with Crippen molar-refractivity contribution in [3.63, 3.8) is 0 Å². The Morgan fingerprint density at radius 2 is 1.85 bits per heavy atom. The second-order valence-electron chi connectivity index (χ2n) is 5.57. The zero-order valence-corrected chi connectivity index (χ0v) is 12.5. The molecule has 2 rings (SSSR count). The van der Waals surface area contributed by atoms with Crippen LogP contribution >= 0.6 is 0 Å². The van der Waals surface area contributed by atoms with Crippen molar-refractivity contribution in [1.82, 2.24) is 0 Å². The molecule has 104 valence electrons. The summed E-state index contributed by atoms with van der Waals surface area (Å²) in [4.78, 5) is 11.6. The van der Waals surface area contributed by atoms with E-state index in [1.165, 1.54) is 16.7 Å². The summed E-state index contributed by atoms with van der Waals surface area (Å²) in [5.74, 6) is 0.665. The van der Waals surface area contributed by atoms with Crippen LogP contribution in [-0.4, -0.2) is 5.78 Å². The molecule has 0 bridgehead atoms. The summed E-state index contributed by atoms with van der Waals surface area (Å²) in [5.41, 5.74) is 4.72. The van der Waals surface area contributed by atoms with Crippen molar-refractivity contribution < 1.29 is 4.79 Å². The molecule has 0 saturated heterocycles. The minimum Gasteiger partial charge on any atom is -0.295 e. The van der Waals surface area contributed by atoms with Crippen LogP contribution < -0.4 is 0 Å². The number of aryl methyl sites for hydroxylation is 2. The highest BCUT2D eigenvalue weighted by atomic mass is 16.1. The van der Waals surface area contributed by atoms with Crippen molar-refractivity contribution in [3.05, 3.63) is 70.8 Å². The lowest BCUT2D eigenvalue weighted by molar-refractivity contribution is 0.101. The second kappa shape index (κ2) is 6.51. The first-order valence-electron chi connectivity index (χ1n) is 7.23. The number of carbonyl (C=O) groups is 1. The second-order valence-corrected chi connectivity index (χ2v) is 5.57. The summed E-state index contributed by atoms with van der Waals surface area (Å²) in [6.45, 7) is 6.02. The number of ketones is 1. The smallest absolute Gasteiger partial charge is 0.160 e. The standard InChI is InChI=1S/C19H22O/c1-14-7-6-9-18(13-14)15(2)11-12-17-8-4-5-10-19(17)16(3)20/h4-10,13,15H,11-12H2,1-3H3. The fourth-order valence-electron chi connectivity index (χ4n) is 2.60. The third-order valence-electron chi connectivity index (χ3n) is 3.85. The molecule has 0 spiro atoms. The van der Waals surface area contributed by atoms with Crippen molar-refractivity contribution >= 4 is 5.78 Å². The summed E-state index contributed by atoms with van der Waals surface area (Å²) in [6.07, 6.45) is 2.01. The number of Topliss-reactive ketones (excluding diaryl/α,β-unsaturated/α-hetero) is 1. The molecule has 0 aromatic heterocycles. The average Bonchev–Trinajstić information content (AvgIpc) is 2.45. The van der Waals surface area contributed by atoms with E-state index in [-0.39, 0.29) is 5.78 Å². The number of carbonyl (C=O) groups excluding carboxylic acids is 1. The first-order chi connectivity index (χ1) is 9.58. The highest BCUT2D eigenvalue weighted by Gasteiger charge is 2.10. The molecule has 0 N–H and O–H groups in total. The van der Waals surface area contributed by atoms with E-state index in [1.54, 1.807) is 6.92 Å². The van der Waals surface area contributed by atoms with E-state index in [0.29, 0.717) is 5.92 Å². The lowest BCUT2D eigenvalue weighted by atomic mass is 9.91. The summed E-state index contributed by atoms with van der Waals surface area (Å²) in [6, 6.07) is 16.6. The fourth-order valence-corrected chi connectivity index (χ4v) is 2.60. The van der Waals surface area contributed by atoms with Gasteiger partial charge in [0.1, 0.15) is 0 Å². The molecule has 20 heavy (non-hydrogen) atoms. The molecule has 1 nitrogen and oxygen atoms in total. The van der Waals surface area contributed by atoms with Crippen LogP contribution in [0.15, 0.2) is 48.5 Å². The molecule has 0 aliphatic carbocycles. The summed E-state index contributed by atoms with van der Waals surface area (Å²) in [7, 11) is 0. The van der Waals surface area contributed by atoms with Gasteiger partial charge in [-0.15, -0.1) is 0 Å². The van der Waals surface area contributed by atoms with E-state index >= 15 is 0 Å². The predicted molar refractivity (Wildman–Crippen MR) is 84.4 cm³/mol. The largest absolute Gasteiger partial charge is 0.295 e. The Morgan fingerprint density at radius 1 is 1.10 bits per heavy atom. The average molecular weight is 266 g/mol. The van der Waals surface area contributed by atoms with Gasteiger partial charge in [-0.1, -0.05) is 61.0 Å². The normalized spacial score (nSPS) is 12.2. The molecule has 0 saturated carbocycles. The lowest BCUT2D eigenvalue weighted by Crippen LogP contribution is -2.02. The molecular weight excluding hydrogens is 244 g/mol. The zero-order chi connectivity index (χ0) is 14.5. The van der Waals surface area contributed by atoms with Crippen LogP contribution in [0.3, 0.4) is 0 Å². The van der Waals surface area contributed by atoms with E-state index < -0.39 is 0 Å². The van der Waals surface area contributed by atoms with Crippen LogP contribution in [-0.2, 0) is 6.42 Å². The summed E-state index contributed by atoms with van der Waals surface area (Å²) < 4.78 is 0. The maximum atomic E-state index is 11.6. The summed E-state index contributed by atoms with van der Waals surface area (Å²) in [5, 5.41) is 0. The summed E-state index contributed by atoms with van der Waals surface area (Å²) >= 11 is 0. The molecule has 1 unspecified atom stereocenters. The SMILES string of the molecule is CC(=O)c1ccccc1CCC(C)c1cccc(C)c1. The molecule has 2 aromatic rings. The fraction of sp³-hybridized carbons (Fsp3) is 0.316. The zero-order valence-electron chi connectivity index (χ0n) is 12.5. The van der Waals surface area contributed by atoms with Crippen LogP contribution in [0.2, 0.25) is 0 Å². The first-order valence-corrected chi connectivity index (χ1v) is 7.23. The van der Waals surface area contributed by atoms with Crippen molar-refractivity contribution in [2.24, 2.45) is 0 Å². The first kappa shape index (κ1) is 14.5. The molecule has 0 amide bonds. The van der Waals surface area contributed by atoms with Gasteiger partial charge in [-0.05, 0) is 43.7 Å². The van der Waals surface area contributed by atoms with Gasteiger partial charge in [0.05, 0.1) is 0 Å². The third-order valence-corrected chi connectivity index (χ3v) is 3.85. The Kier molecular flexibility index (Phi) is 4.73. The number of hydrogen-bond donors (Lipinski definition) is 0. The molecule has 0 fully saturated rings. The lowest BCUT2D eigenvalue weighted by Gasteiger charge is -2.14. The Hall–Kier alpha value is -1.89. The van der Waals surface area contributed by atoms with E-state index in [2.05, 4.69) is 44.2 Å². The van der Waals surface area contributed by atoms with Crippen molar-refractivity contribution in [3.8, 4) is 0 Å². The highest BCUT2D eigenvalue weighted by Crippen LogP contribution is 2.23. The third kappa shape index (κ3) is 3.57. The number of benzene rings is 2. The van der Waals surface area contributed by atoms with Gasteiger partial charge in [-0.3, -0.25) is 4.79 Å². The Bertz CT molecular complexity index is 598. The van der Waals surface area contributed by atoms with Crippen LogP contribution in [0.4, 0.5) is 0 Å². The minimum absolute atomic E-state index is 0.156. The minimum atomic E-state index is 0.156. The van der Waals surface area contributed by atoms with Crippen LogP contribution in [0.5, 0.6) is 0 Å². The molecule has 0 aliphatic rings. The molecule has 1 atom stereocenters. The number of rotatable bonds is 5. The molecule has 0 heterocycles. The van der Waals surface area contributed by atoms with Gasteiger partial charge in [0, 0.05) is 5.56 Å². The van der Waals surface area contributed by atoms with E-state index in [9.17, 15) is 4.79 Å². The van der Waals surface area contributed by atoms with Crippen LogP contribution in [0.25, 0.3) is 0 Å². The molecule has 0 aliphatic heterocycles. The maximum Gasteiger partial charge on any atom is 0.160 e. The van der Waals surface area contributed by atoms with E-state index in [0.717, 1.165) is 18.4 Å². The van der Waals surface area contributed by atoms with Crippen LogP contribution in [0, 0.1) is 6.92 Å². The van der Waals surface area contributed by atoms with Crippen molar-refractivity contribution in [2.45, 2.75) is 39.5 Å². The maximum absolute atomic E-state index is 11.6. The van der Waals surface area contributed by atoms with Crippen LogP contribution in [0.1, 0.15) is 53.2 Å². The quantitative estimate of drug-likeness (QED) is 0.701.